The Hall–Kier alpha value is -6.00. The Morgan fingerprint density at radius 1 is 0.440 bits per heavy atom. The van der Waals surface area contributed by atoms with Crippen molar-refractivity contribution >= 4 is 0 Å². The van der Waals surface area contributed by atoms with Crippen LogP contribution < -0.4 is 9.47 Å². The number of hydrogen-bond acceptors (Lipinski definition) is 3. The molecule has 0 fully saturated rings. The largest absolute Gasteiger partial charge is 0.496 e. The molecule has 0 N–H and O–H groups in total. The highest BCUT2D eigenvalue weighted by molar-refractivity contribution is 5.91. The van der Waals surface area contributed by atoms with Crippen molar-refractivity contribution in [3.8, 4) is 44.9 Å². The number of hydrogen-bond donors (Lipinski definition) is 0. The van der Waals surface area contributed by atoms with Crippen LogP contribution in [0.3, 0.4) is 0 Å². The SMILES string of the molecule is COc1c(C(C)(C)C)cc2c(c1-c1cc(C(F)(F)F)cc(C(F)(F)F)c1)C[N+](C)([C@@H](C)C(OC)(c1ccc(C)cc1)c1ccc(C)cc1)Cc1c-2cc(C(C)(C)C)c(OC)c1-c1cc(C(F)(F)F)cc(C(F)(F)F)c1. The minimum absolute atomic E-state index is 0.0360. The first-order valence-electron chi connectivity index (χ1n) is 24.0. The number of quaternary nitrogens is 1. The van der Waals surface area contributed by atoms with Crippen LogP contribution in [0.5, 0.6) is 11.5 Å². The van der Waals surface area contributed by atoms with Gasteiger partial charge in [-0.05, 0) is 114 Å². The third-order valence-electron chi connectivity index (χ3n) is 14.7. The fourth-order valence-corrected chi connectivity index (χ4v) is 10.7. The molecule has 0 saturated carbocycles. The quantitative estimate of drug-likeness (QED) is 0.107. The standard InChI is InChI=1S/C59H60F12NO3/c1-32-14-18-37(19-15-32)55(75-13,38-20-16-33(2)17-21-38)34(3)72(10)30-45-43(28-47(53(4,5)6)51(73-11)49(45)35-22-39(56(60,61)62)26-40(23-35)57(63,64)65)44-29-48(54(7,8)9)52(74-12)50(46(44)31-72)36-24-41(58(66,67)68)27-42(25-36)59(69,70)71/h14-29,34H,30-31H2,1-13H3/q+1/t34-/m0/s1. The van der Waals surface area contributed by atoms with Gasteiger partial charge in [0.25, 0.3) is 0 Å². The van der Waals surface area contributed by atoms with Crippen molar-refractivity contribution in [1.29, 1.82) is 0 Å². The van der Waals surface area contributed by atoms with Crippen molar-refractivity contribution in [3.05, 3.63) is 164 Å². The summed E-state index contributed by atoms with van der Waals surface area (Å²) < 4.78 is 198. The summed E-state index contributed by atoms with van der Waals surface area (Å²) in [5.41, 5.74) is -6.37. The lowest BCUT2D eigenvalue weighted by Crippen LogP contribution is -2.60. The van der Waals surface area contributed by atoms with Gasteiger partial charge in [0.2, 0.25) is 0 Å². The van der Waals surface area contributed by atoms with Gasteiger partial charge in [0.1, 0.15) is 30.6 Å². The molecule has 0 bridgehead atoms. The Labute approximate surface area is 429 Å². The molecule has 75 heavy (non-hydrogen) atoms. The maximum Gasteiger partial charge on any atom is 0.416 e. The first kappa shape index (κ1) is 56.7. The summed E-state index contributed by atoms with van der Waals surface area (Å²) in [7, 11) is 5.80. The van der Waals surface area contributed by atoms with Crippen LogP contribution in [-0.2, 0) is 59.0 Å². The zero-order valence-electron chi connectivity index (χ0n) is 43.9. The summed E-state index contributed by atoms with van der Waals surface area (Å²) in [5.74, 6) is -0.0761. The maximum absolute atomic E-state index is 14.9. The molecule has 0 amide bonds. The molecule has 0 aromatic heterocycles. The molecule has 6 aromatic carbocycles. The monoisotopic (exact) mass is 1060 g/mol. The fourth-order valence-electron chi connectivity index (χ4n) is 10.7. The molecule has 7 rings (SSSR count). The molecule has 6 aromatic rings. The highest BCUT2D eigenvalue weighted by atomic mass is 19.4. The predicted octanol–water partition coefficient (Wildman–Crippen LogP) is 17.4. The van der Waals surface area contributed by atoms with Gasteiger partial charge < -0.3 is 18.7 Å². The van der Waals surface area contributed by atoms with Gasteiger partial charge in [-0.3, -0.25) is 0 Å². The molecule has 1 atom stereocenters. The van der Waals surface area contributed by atoms with Crippen molar-refractivity contribution < 1.29 is 71.4 Å². The van der Waals surface area contributed by atoms with Gasteiger partial charge in [0.05, 0.1) is 43.5 Å². The second kappa shape index (κ2) is 19.2. The normalized spacial score (nSPS) is 15.0. The highest BCUT2D eigenvalue weighted by Gasteiger charge is 2.53. The number of alkyl halides is 12. The van der Waals surface area contributed by atoms with Crippen molar-refractivity contribution in [1.82, 2.24) is 0 Å². The molecule has 1 heterocycles. The van der Waals surface area contributed by atoms with Gasteiger partial charge >= 0.3 is 24.7 Å². The molecule has 16 heteroatoms. The average molecular weight is 1060 g/mol. The number of halogens is 12. The second-order valence-electron chi connectivity index (χ2n) is 21.9. The van der Waals surface area contributed by atoms with E-state index in [4.69, 9.17) is 14.2 Å². The Kier molecular flexibility index (Phi) is 14.5. The number of likely N-dealkylation sites (N-methyl/N-ethyl adjacent to an activating group) is 1. The van der Waals surface area contributed by atoms with E-state index in [1.54, 1.807) is 60.7 Å². The van der Waals surface area contributed by atoms with Crippen molar-refractivity contribution in [2.75, 3.05) is 28.4 Å². The number of methoxy groups -OCH3 is 3. The van der Waals surface area contributed by atoms with E-state index in [2.05, 4.69) is 0 Å². The van der Waals surface area contributed by atoms with E-state index in [-0.39, 0.29) is 74.6 Å². The molecule has 0 radical (unpaired) electrons. The van der Waals surface area contributed by atoms with E-state index in [1.165, 1.54) is 21.3 Å². The summed E-state index contributed by atoms with van der Waals surface area (Å²) in [5, 5.41) is 0. The number of benzene rings is 6. The smallest absolute Gasteiger partial charge is 0.416 e. The summed E-state index contributed by atoms with van der Waals surface area (Å²) in [6.45, 7) is 15.8. The first-order chi connectivity index (χ1) is 34.4. The van der Waals surface area contributed by atoms with Crippen LogP contribution in [0.25, 0.3) is 33.4 Å². The third kappa shape index (κ3) is 10.6. The van der Waals surface area contributed by atoms with Gasteiger partial charge in [-0.2, -0.15) is 52.7 Å². The summed E-state index contributed by atoms with van der Waals surface area (Å²) in [6.07, 6.45) is -21.1. The van der Waals surface area contributed by atoms with Crippen LogP contribution in [-0.4, -0.2) is 38.9 Å². The lowest BCUT2D eigenvalue weighted by molar-refractivity contribution is -0.963. The van der Waals surface area contributed by atoms with Crippen molar-refractivity contribution in [3.63, 3.8) is 0 Å². The van der Waals surface area contributed by atoms with Crippen LogP contribution >= 0.6 is 0 Å². The molecule has 402 valence electrons. The molecule has 0 saturated heterocycles. The number of aryl methyl sites for hydroxylation is 2. The first-order valence-corrected chi connectivity index (χ1v) is 24.0. The Balaban J connectivity index is 1.80. The van der Waals surface area contributed by atoms with E-state index >= 15 is 0 Å². The van der Waals surface area contributed by atoms with E-state index in [0.717, 1.165) is 11.1 Å². The lowest BCUT2D eigenvalue weighted by atomic mass is 9.76. The zero-order valence-corrected chi connectivity index (χ0v) is 43.9. The molecular formula is C59H60F12NO3+. The van der Waals surface area contributed by atoms with Crippen LogP contribution in [0.2, 0.25) is 0 Å². The van der Waals surface area contributed by atoms with Gasteiger partial charge in [-0.25, -0.2) is 0 Å². The van der Waals surface area contributed by atoms with E-state index in [0.29, 0.717) is 46.5 Å². The van der Waals surface area contributed by atoms with Crippen LogP contribution in [0.4, 0.5) is 52.7 Å². The topological polar surface area (TPSA) is 27.7 Å². The van der Waals surface area contributed by atoms with E-state index in [9.17, 15) is 52.7 Å². The second-order valence-corrected chi connectivity index (χ2v) is 21.9. The number of nitrogens with zero attached hydrogens (tertiary/aromatic N) is 1. The molecule has 4 nitrogen and oxygen atoms in total. The summed E-state index contributed by atoms with van der Waals surface area (Å²) >= 11 is 0. The Morgan fingerprint density at radius 2 is 0.733 bits per heavy atom. The number of fused-ring (bicyclic) bond motifs is 3. The number of ether oxygens (including phenoxy) is 3. The van der Waals surface area contributed by atoms with Crippen molar-refractivity contribution in [2.45, 2.75) is 123 Å². The van der Waals surface area contributed by atoms with E-state index in [1.807, 2.05) is 69.3 Å². The molecule has 1 aliphatic rings. The van der Waals surface area contributed by atoms with Crippen LogP contribution in [0.15, 0.2) is 97.1 Å². The van der Waals surface area contributed by atoms with Crippen LogP contribution in [0, 0.1) is 13.8 Å². The van der Waals surface area contributed by atoms with E-state index < -0.39 is 80.6 Å². The Morgan fingerprint density at radius 3 is 0.973 bits per heavy atom. The zero-order chi connectivity index (χ0) is 56.0. The van der Waals surface area contributed by atoms with Crippen LogP contribution in [0.1, 0.15) is 115 Å². The maximum atomic E-state index is 14.9. The molecular weight excluding hydrogens is 999 g/mol. The average Bonchev–Trinajstić information content (AvgIpc) is 3.43. The summed E-state index contributed by atoms with van der Waals surface area (Å²) in [4.78, 5) is 0. The Bertz CT molecular complexity index is 2850. The van der Waals surface area contributed by atoms with Crippen molar-refractivity contribution in [2.24, 2.45) is 0 Å². The molecule has 0 aliphatic carbocycles. The van der Waals surface area contributed by atoms with Gasteiger partial charge in [0, 0.05) is 40.5 Å². The fraction of sp³-hybridized carbons (Fsp3) is 0.390. The lowest BCUT2D eigenvalue weighted by Gasteiger charge is -2.49. The van der Waals surface area contributed by atoms with Gasteiger partial charge in [-0.1, -0.05) is 101 Å². The highest BCUT2D eigenvalue weighted by Crippen LogP contribution is 2.57. The summed E-state index contributed by atoms with van der Waals surface area (Å²) in [6, 6.07) is 20.2. The molecule has 0 spiro atoms. The van der Waals surface area contributed by atoms with Gasteiger partial charge in [-0.15, -0.1) is 0 Å². The molecule has 0 unspecified atom stereocenters. The number of rotatable bonds is 9. The molecule has 1 aliphatic heterocycles. The minimum atomic E-state index is -5.26. The van der Waals surface area contributed by atoms with Gasteiger partial charge in [0.15, 0.2) is 5.60 Å². The third-order valence-corrected chi connectivity index (χ3v) is 14.7. The minimum Gasteiger partial charge on any atom is -0.496 e. The predicted molar refractivity (Wildman–Crippen MR) is 266 cm³/mol.